The zero-order valence-corrected chi connectivity index (χ0v) is 13.5. The summed E-state index contributed by atoms with van der Waals surface area (Å²) in [4.78, 5) is 23.3. The summed E-state index contributed by atoms with van der Waals surface area (Å²) in [6.07, 6.45) is 1.24. The highest BCUT2D eigenvalue weighted by molar-refractivity contribution is 7.17. The maximum atomic E-state index is 11.8. The standard InChI is InChI=1S/C13H23N5O2S/c1-4-6-15-13-18-17-12(21-13)11(20)14-7-5-10(19)16-8-9(2)3/h9H,4-8H2,1-3H3,(H,14,20)(H,15,18)(H,16,19). The third kappa shape index (κ3) is 7.03. The first-order valence-electron chi connectivity index (χ1n) is 7.15. The molecule has 0 radical (unpaired) electrons. The molecule has 0 aromatic carbocycles. The number of anilines is 1. The van der Waals surface area contributed by atoms with Crippen LogP contribution in [0.25, 0.3) is 0 Å². The van der Waals surface area contributed by atoms with Crippen molar-refractivity contribution in [2.45, 2.75) is 33.6 Å². The Hall–Kier alpha value is -1.70. The van der Waals surface area contributed by atoms with Crippen molar-refractivity contribution in [2.24, 2.45) is 5.92 Å². The first-order valence-corrected chi connectivity index (χ1v) is 7.96. The van der Waals surface area contributed by atoms with E-state index in [2.05, 4.69) is 26.1 Å². The van der Waals surface area contributed by atoms with Gasteiger partial charge in [0.15, 0.2) is 0 Å². The summed E-state index contributed by atoms with van der Waals surface area (Å²) in [7, 11) is 0. The van der Waals surface area contributed by atoms with Gasteiger partial charge in [-0.25, -0.2) is 0 Å². The lowest BCUT2D eigenvalue weighted by Gasteiger charge is -2.07. The van der Waals surface area contributed by atoms with E-state index in [1.165, 1.54) is 11.3 Å². The minimum Gasteiger partial charge on any atom is -0.360 e. The molecule has 1 rings (SSSR count). The first-order chi connectivity index (χ1) is 10.0. The van der Waals surface area contributed by atoms with Gasteiger partial charge in [-0.05, 0) is 12.3 Å². The van der Waals surface area contributed by atoms with E-state index in [1.54, 1.807) is 0 Å². The number of nitrogens with zero attached hydrogens (tertiary/aromatic N) is 2. The Labute approximate surface area is 128 Å². The average Bonchev–Trinajstić information content (AvgIpc) is 2.91. The van der Waals surface area contributed by atoms with Gasteiger partial charge in [-0.1, -0.05) is 32.1 Å². The van der Waals surface area contributed by atoms with Crippen LogP contribution in [0.15, 0.2) is 0 Å². The molecule has 0 atom stereocenters. The van der Waals surface area contributed by atoms with Crippen molar-refractivity contribution >= 4 is 28.3 Å². The zero-order valence-electron chi connectivity index (χ0n) is 12.7. The Kier molecular flexibility index (Phi) is 7.66. The summed E-state index contributed by atoms with van der Waals surface area (Å²) in [5.74, 6) is 0.0549. The zero-order chi connectivity index (χ0) is 15.7. The van der Waals surface area contributed by atoms with Gasteiger partial charge in [-0.15, -0.1) is 10.2 Å². The molecule has 21 heavy (non-hydrogen) atoms. The van der Waals surface area contributed by atoms with Gasteiger partial charge in [0.05, 0.1) is 0 Å². The minimum atomic E-state index is -0.297. The number of carbonyl (C=O) groups is 2. The highest BCUT2D eigenvalue weighted by atomic mass is 32.1. The van der Waals surface area contributed by atoms with Crippen LogP contribution in [0, 0.1) is 5.92 Å². The van der Waals surface area contributed by atoms with Crippen LogP contribution in [0.1, 0.15) is 43.4 Å². The Bertz CT molecular complexity index is 461. The average molecular weight is 313 g/mol. The summed E-state index contributed by atoms with van der Waals surface area (Å²) < 4.78 is 0. The molecule has 1 aromatic rings. The lowest BCUT2D eigenvalue weighted by atomic mass is 10.2. The second-order valence-corrected chi connectivity index (χ2v) is 6.02. The molecule has 3 N–H and O–H groups in total. The molecule has 0 aliphatic heterocycles. The van der Waals surface area contributed by atoms with Gasteiger partial charge in [-0.3, -0.25) is 9.59 Å². The highest BCUT2D eigenvalue weighted by Crippen LogP contribution is 2.14. The molecule has 0 saturated carbocycles. The molecule has 0 saturated heterocycles. The van der Waals surface area contributed by atoms with Gasteiger partial charge in [0.2, 0.25) is 16.0 Å². The number of aromatic nitrogens is 2. The van der Waals surface area contributed by atoms with Gasteiger partial charge < -0.3 is 16.0 Å². The summed E-state index contributed by atoms with van der Waals surface area (Å²) >= 11 is 1.21. The molecule has 0 aliphatic carbocycles. The quantitative estimate of drug-likeness (QED) is 0.638. The lowest BCUT2D eigenvalue weighted by Crippen LogP contribution is -2.32. The van der Waals surface area contributed by atoms with Crippen molar-refractivity contribution < 1.29 is 9.59 Å². The van der Waals surface area contributed by atoms with E-state index in [9.17, 15) is 9.59 Å². The topological polar surface area (TPSA) is 96.0 Å². The van der Waals surface area contributed by atoms with E-state index in [0.717, 1.165) is 13.0 Å². The van der Waals surface area contributed by atoms with E-state index in [4.69, 9.17) is 0 Å². The fraction of sp³-hybridized carbons (Fsp3) is 0.692. The van der Waals surface area contributed by atoms with Crippen LogP contribution in [0.2, 0.25) is 0 Å². The number of hydrogen-bond donors (Lipinski definition) is 3. The summed E-state index contributed by atoms with van der Waals surface area (Å²) in [6, 6.07) is 0. The smallest absolute Gasteiger partial charge is 0.282 e. The summed E-state index contributed by atoms with van der Waals surface area (Å²) in [5, 5.41) is 17.2. The minimum absolute atomic E-state index is 0.0634. The summed E-state index contributed by atoms with van der Waals surface area (Å²) in [5.41, 5.74) is 0. The third-order valence-corrected chi connectivity index (χ3v) is 3.37. The second kappa shape index (κ2) is 9.28. The molecule has 0 bridgehead atoms. The lowest BCUT2D eigenvalue weighted by molar-refractivity contribution is -0.121. The van der Waals surface area contributed by atoms with Crippen LogP contribution in [-0.2, 0) is 4.79 Å². The van der Waals surface area contributed by atoms with Gasteiger partial charge in [0, 0.05) is 26.1 Å². The van der Waals surface area contributed by atoms with E-state index < -0.39 is 0 Å². The molecule has 118 valence electrons. The van der Waals surface area contributed by atoms with Crippen molar-refractivity contribution in [3.05, 3.63) is 5.01 Å². The maximum absolute atomic E-state index is 11.8. The molecule has 8 heteroatoms. The Morgan fingerprint density at radius 1 is 1.19 bits per heavy atom. The van der Waals surface area contributed by atoms with Crippen LogP contribution < -0.4 is 16.0 Å². The van der Waals surface area contributed by atoms with Crippen LogP contribution in [0.3, 0.4) is 0 Å². The number of nitrogens with one attached hydrogen (secondary N) is 3. The Morgan fingerprint density at radius 2 is 1.95 bits per heavy atom. The molecule has 7 nitrogen and oxygen atoms in total. The maximum Gasteiger partial charge on any atom is 0.282 e. The van der Waals surface area contributed by atoms with Gasteiger partial charge >= 0.3 is 0 Å². The first kappa shape index (κ1) is 17.4. The Morgan fingerprint density at radius 3 is 2.62 bits per heavy atom. The fourth-order valence-corrected chi connectivity index (χ4v) is 2.08. The third-order valence-electron chi connectivity index (χ3n) is 2.49. The van der Waals surface area contributed by atoms with Crippen molar-refractivity contribution in [2.75, 3.05) is 25.0 Å². The molecule has 1 aromatic heterocycles. The predicted molar refractivity (Wildman–Crippen MR) is 83.5 cm³/mol. The van der Waals surface area contributed by atoms with Crippen LogP contribution in [0.4, 0.5) is 5.13 Å². The number of carbonyl (C=O) groups excluding carboxylic acids is 2. The van der Waals surface area contributed by atoms with Crippen molar-refractivity contribution in [1.82, 2.24) is 20.8 Å². The van der Waals surface area contributed by atoms with E-state index in [0.29, 0.717) is 29.1 Å². The van der Waals surface area contributed by atoms with E-state index in [1.807, 2.05) is 20.8 Å². The fourth-order valence-electron chi connectivity index (χ4n) is 1.39. The molecule has 0 unspecified atom stereocenters. The van der Waals surface area contributed by atoms with E-state index in [-0.39, 0.29) is 18.2 Å². The van der Waals surface area contributed by atoms with Gasteiger partial charge in [-0.2, -0.15) is 0 Å². The second-order valence-electron chi connectivity index (χ2n) is 5.04. The SMILES string of the molecule is CCCNc1nnc(C(=O)NCCC(=O)NCC(C)C)s1. The highest BCUT2D eigenvalue weighted by Gasteiger charge is 2.12. The van der Waals surface area contributed by atoms with Gasteiger partial charge in [0.25, 0.3) is 5.91 Å². The normalized spacial score (nSPS) is 10.5. The molecule has 2 amide bonds. The predicted octanol–water partition coefficient (Wildman–Crippen LogP) is 1.25. The van der Waals surface area contributed by atoms with Crippen molar-refractivity contribution in [1.29, 1.82) is 0 Å². The molecule has 0 spiro atoms. The number of rotatable bonds is 9. The van der Waals surface area contributed by atoms with Crippen LogP contribution in [0.5, 0.6) is 0 Å². The monoisotopic (exact) mass is 313 g/mol. The molecule has 0 fully saturated rings. The number of hydrogen-bond acceptors (Lipinski definition) is 6. The number of amides is 2. The van der Waals surface area contributed by atoms with Crippen LogP contribution >= 0.6 is 11.3 Å². The van der Waals surface area contributed by atoms with Crippen molar-refractivity contribution in [3.8, 4) is 0 Å². The van der Waals surface area contributed by atoms with Crippen molar-refractivity contribution in [3.63, 3.8) is 0 Å². The molecular formula is C13H23N5O2S. The largest absolute Gasteiger partial charge is 0.360 e. The molecule has 0 aliphatic rings. The van der Waals surface area contributed by atoms with Crippen LogP contribution in [-0.4, -0.2) is 41.6 Å². The van der Waals surface area contributed by atoms with E-state index >= 15 is 0 Å². The molecular weight excluding hydrogens is 290 g/mol. The van der Waals surface area contributed by atoms with Gasteiger partial charge in [0.1, 0.15) is 0 Å². The molecule has 1 heterocycles. The Balaban J connectivity index is 2.27. The summed E-state index contributed by atoms with van der Waals surface area (Å²) in [6.45, 7) is 7.84.